The minimum absolute atomic E-state index is 0.199. The average molecular weight is 229 g/mol. The number of amides is 1. The molecule has 0 bridgehead atoms. The Morgan fingerprint density at radius 3 is 2.19 bits per heavy atom. The molecule has 0 saturated heterocycles. The molecule has 0 heterocycles. The highest BCUT2D eigenvalue weighted by Crippen LogP contribution is 2.22. The van der Waals surface area contributed by atoms with Crippen LogP contribution in [0.25, 0.3) is 0 Å². The fourth-order valence-electron chi connectivity index (χ4n) is 1.87. The lowest BCUT2D eigenvalue weighted by Crippen LogP contribution is -2.55. The van der Waals surface area contributed by atoms with E-state index < -0.39 is 5.54 Å². The molecule has 0 aromatic rings. The predicted octanol–water partition coefficient (Wildman–Crippen LogP) is 1.88. The Labute approximate surface area is 97.7 Å². The van der Waals surface area contributed by atoms with Crippen LogP contribution in [0.15, 0.2) is 0 Å². The second kappa shape index (κ2) is 6.51. The first-order chi connectivity index (χ1) is 7.38. The number of hydrogen-bond acceptors (Lipinski definition) is 3. The molecule has 0 aromatic carbocycles. The van der Waals surface area contributed by atoms with Gasteiger partial charge < -0.3 is 10.1 Å². The number of hydrogen-bond donors (Lipinski definition) is 1. The van der Waals surface area contributed by atoms with Gasteiger partial charge >= 0.3 is 5.97 Å². The summed E-state index contributed by atoms with van der Waals surface area (Å²) in [5.41, 5.74) is -0.865. The maximum Gasteiger partial charge on any atom is 0.331 e. The Morgan fingerprint density at radius 2 is 1.88 bits per heavy atom. The summed E-state index contributed by atoms with van der Waals surface area (Å²) in [6.45, 7) is 9.44. The molecule has 0 aliphatic rings. The van der Waals surface area contributed by atoms with E-state index in [1.165, 1.54) is 6.92 Å². The Kier molecular flexibility index (Phi) is 6.08. The molecular formula is C12H23NO3. The smallest absolute Gasteiger partial charge is 0.331 e. The van der Waals surface area contributed by atoms with Crippen molar-refractivity contribution in [1.29, 1.82) is 0 Å². The molecule has 1 amide bonds. The molecule has 0 fully saturated rings. The molecule has 0 radical (unpaired) electrons. The first-order valence-corrected chi connectivity index (χ1v) is 5.84. The monoisotopic (exact) mass is 229 g/mol. The lowest BCUT2D eigenvalue weighted by Gasteiger charge is -2.32. The van der Waals surface area contributed by atoms with E-state index in [-0.39, 0.29) is 11.9 Å². The van der Waals surface area contributed by atoms with Crippen LogP contribution in [0.1, 0.15) is 47.5 Å². The number of nitrogens with one attached hydrogen (secondary N) is 1. The van der Waals surface area contributed by atoms with Crippen molar-refractivity contribution in [3.8, 4) is 0 Å². The van der Waals surface area contributed by atoms with Crippen LogP contribution in [-0.2, 0) is 14.3 Å². The van der Waals surface area contributed by atoms with Gasteiger partial charge in [0.15, 0.2) is 0 Å². The maximum atomic E-state index is 11.9. The first-order valence-electron chi connectivity index (χ1n) is 5.84. The van der Waals surface area contributed by atoms with Crippen molar-refractivity contribution in [1.82, 2.24) is 5.32 Å². The van der Waals surface area contributed by atoms with E-state index in [0.29, 0.717) is 25.4 Å². The molecule has 0 rings (SSSR count). The zero-order valence-electron chi connectivity index (χ0n) is 10.9. The van der Waals surface area contributed by atoms with Gasteiger partial charge in [-0.2, -0.15) is 0 Å². The van der Waals surface area contributed by atoms with Gasteiger partial charge in [-0.3, -0.25) is 4.79 Å². The molecule has 4 heteroatoms. The minimum atomic E-state index is -0.865. The number of carbonyl (C=O) groups excluding carboxylic acids is 2. The molecule has 1 N–H and O–H groups in total. The van der Waals surface area contributed by atoms with E-state index >= 15 is 0 Å². The van der Waals surface area contributed by atoms with E-state index in [4.69, 9.17) is 4.74 Å². The second-order valence-electron chi connectivity index (χ2n) is 4.44. The van der Waals surface area contributed by atoms with Crippen molar-refractivity contribution in [3.05, 3.63) is 0 Å². The van der Waals surface area contributed by atoms with Gasteiger partial charge in [-0.1, -0.05) is 20.8 Å². The van der Waals surface area contributed by atoms with Gasteiger partial charge in [0.25, 0.3) is 0 Å². The maximum absolute atomic E-state index is 11.9. The highest BCUT2D eigenvalue weighted by molar-refractivity contribution is 5.87. The number of carbonyl (C=O) groups is 2. The summed E-state index contributed by atoms with van der Waals surface area (Å²) in [6, 6.07) is 0. The molecule has 0 unspecified atom stereocenters. The van der Waals surface area contributed by atoms with Crippen molar-refractivity contribution in [3.63, 3.8) is 0 Å². The minimum Gasteiger partial charge on any atom is -0.464 e. The van der Waals surface area contributed by atoms with E-state index in [9.17, 15) is 9.59 Å². The highest BCUT2D eigenvalue weighted by Gasteiger charge is 2.39. The average Bonchev–Trinajstić information content (AvgIpc) is 2.15. The number of esters is 1. The molecule has 16 heavy (non-hydrogen) atoms. The molecule has 0 saturated carbocycles. The fraction of sp³-hybridized carbons (Fsp3) is 0.833. The zero-order chi connectivity index (χ0) is 12.8. The molecule has 1 atom stereocenters. The molecule has 94 valence electrons. The van der Waals surface area contributed by atoms with Crippen LogP contribution in [0.4, 0.5) is 0 Å². The molecular weight excluding hydrogens is 206 g/mol. The molecule has 0 aliphatic heterocycles. The van der Waals surface area contributed by atoms with Crippen LogP contribution in [0, 0.1) is 5.92 Å². The molecule has 4 nitrogen and oxygen atoms in total. The summed E-state index contributed by atoms with van der Waals surface area (Å²) in [4.78, 5) is 23.1. The van der Waals surface area contributed by atoms with Crippen LogP contribution in [0.3, 0.4) is 0 Å². The predicted molar refractivity (Wildman–Crippen MR) is 62.9 cm³/mol. The standard InChI is InChI=1S/C12H23NO3/c1-6-12(8-9(3)4,13-10(5)14)11(15)16-7-2/h9H,6-8H2,1-5H3,(H,13,14)/t12-/m1/s1. The van der Waals surface area contributed by atoms with Crippen LogP contribution < -0.4 is 5.32 Å². The van der Waals surface area contributed by atoms with Crippen LogP contribution in [-0.4, -0.2) is 24.0 Å². The Bertz CT molecular complexity index is 251. The Hall–Kier alpha value is -1.06. The first kappa shape index (κ1) is 14.9. The summed E-state index contributed by atoms with van der Waals surface area (Å²) in [6.07, 6.45) is 1.14. The van der Waals surface area contributed by atoms with Crippen molar-refractivity contribution < 1.29 is 14.3 Å². The van der Waals surface area contributed by atoms with Crippen LogP contribution >= 0.6 is 0 Å². The molecule has 0 spiro atoms. The SMILES string of the molecule is CCOC(=O)[C@@](CC)(CC(C)C)NC(C)=O. The zero-order valence-corrected chi connectivity index (χ0v) is 10.9. The van der Waals surface area contributed by atoms with E-state index in [1.54, 1.807) is 6.92 Å². The fourth-order valence-corrected chi connectivity index (χ4v) is 1.87. The third kappa shape index (κ3) is 4.21. The lowest BCUT2D eigenvalue weighted by molar-refractivity contribution is -0.154. The van der Waals surface area contributed by atoms with E-state index in [1.807, 2.05) is 20.8 Å². The van der Waals surface area contributed by atoms with Crippen LogP contribution in [0.2, 0.25) is 0 Å². The summed E-state index contributed by atoms with van der Waals surface area (Å²) in [5.74, 6) is -0.215. The van der Waals surface area contributed by atoms with Gasteiger partial charge in [-0.15, -0.1) is 0 Å². The normalized spacial score (nSPS) is 14.4. The topological polar surface area (TPSA) is 55.4 Å². The van der Waals surface area contributed by atoms with Crippen molar-refractivity contribution in [2.75, 3.05) is 6.61 Å². The number of ether oxygens (including phenoxy) is 1. The molecule has 0 aliphatic carbocycles. The van der Waals surface area contributed by atoms with Crippen molar-refractivity contribution >= 4 is 11.9 Å². The van der Waals surface area contributed by atoms with E-state index in [2.05, 4.69) is 5.32 Å². The van der Waals surface area contributed by atoms with Gasteiger partial charge in [-0.25, -0.2) is 4.79 Å². The van der Waals surface area contributed by atoms with E-state index in [0.717, 1.165) is 0 Å². The highest BCUT2D eigenvalue weighted by atomic mass is 16.5. The molecule has 0 aromatic heterocycles. The Morgan fingerprint density at radius 1 is 1.31 bits per heavy atom. The quantitative estimate of drug-likeness (QED) is 0.707. The summed E-state index contributed by atoms with van der Waals surface area (Å²) < 4.78 is 5.05. The summed E-state index contributed by atoms with van der Waals surface area (Å²) in [5, 5.41) is 2.75. The van der Waals surface area contributed by atoms with Crippen molar-refractivity contribution in [2.45, 2.75) is 53.0 Å². The van der Waals surface area contributed by atoms with Gasteiger partial charge in [0.1, 0.15) is 5.54 Å². The third-order valence-corrected chi connectivity index (χ3v) is 2.44. The van der Waals surface area contributed by atoms with Crippen LogP contribution in [0.5, 0.6) is 0 Å². The largest absolute Gasteiger partial charge is 0.464 e. The van der Waals surface area contributed by atoms with Gasteiger partial charge in [0.2, 0.25) is 5.91 Å². The summed E-state index contributed by atoms with van der Waals surface area (Å²) >= 11 is 0. The van der Waals surface area contributed by atoms with Gasteiger partial charge in [-0.05, 0) is 25.7 Å². The Balaban J connectivity index is 4.93. The lowest BCUT2D eigenvalue weighted by atomic mass is 9.86. The summed E-state index contributed by atoms with van der Waals surface area (Å²) in [7, 11) is 0. The van der Waals surface area contributed by atoms with Gasteiger partial charge in [0.05, 0.1) is 6.61 Å². The third-order valence-electron chi connectivity index (χ3n) is 2.44. The van der Waals surface area contributed by atoms with Crippen molar-refractivity contribution in [2.24, 2.45) is 5.92 Å². The number of rotatable bonds is 6. The van der Waals surface area contributed by atoms with Gasteiger partial charge in [0, 0.05) is 6.92 Å². The second-order valence-corrected chi connectivity index (χ2v) is 4.44.